The standard InChI is InChI=1S/C22H31N5O3/c28-14-13-27-16-23-20-15-18(7-8-19(20)21(27)29)25-9-11-26(12-10-25)22(30)24-17-5-3-1-2-4-6-17/h7-8,15-17,28H,1-6,9-14H2,(H,24,30). The molecule has 2 aromatic rings. The number of fused-ring (bicyclic) bond motifs is 1. The predicted molar refractivity (Wildman–Crippen MR) is 117 cm³/mol. The largest absolute Gasteiger partial charge is 0.395 e. The van der Waals surface area contributed by atoms with Crippen molar-refractivity contribution in [3.63, 3.8) is 0 Å². The summed E-state index contributed by atoms with van der Waals surface area (Å²) < 4.78 is 1.42. The lowest BCUT2D eigenvalue weighted by Gasteiger charge is -2.36. The van der Waals surface area contributed by atoms with Crippen molar-refractivity contribution in [2.24, 2.45) is 0 Å². The molecule has 30 heavy (non-hydrogen) atoms. The van der Waals surface area contributed by atoms with E-state index in [-0.39, 0.29) is 24.7 Å². The zero-order chi connectivity index (χ0) is 20.9. The van der Waals surface area contributed by atoms with Crippen molar-refractivity contribution < 1.29 is 9.90 Å². The quantitative estimate of drug-likeness (QED) is 0.748. The third kappa shape index (κ3) is 4.59. The summed E-state index contributed by atoms with van der Waals surface area (Å²) in [6, 6.07) is 6.06. The Balaban J connectivity index is 1.37. The van der Waals surface area contributed by atoms with E-state index in [4.69, 9.17) is 5.11 Å². The summed E-state index contributed by atoms with van der Waals surface area (Å²) in [5.41, 5.74) is 1.53. The summed E-state index contributed by atoms with van der Waals surface area (Å²) >= 11 is 0. The number of aliphatic hydroxyl groups excluding tert-OH is 1. The number of amides is 2. The summed E-state index contributed by atoms with van der Waals surface area (Å²) in [6.45, 7) is 3.03. The summed E-state index contributed by atoms with van der Waals surface area (Å²) in [5, 5.41) is 12.9. The van der Waals surface area contributed by atoms with Crippen LogP contribution in [0.1, 0.15) is 38.5 Å². The average Bonchev–Trinajstić information content (AvgIpc) is 3.04. The van der Waals surface area contributed by atoms with Crippen LogP contribution in [0, 0.1) is 0 Å². The van der Waals surface area contributed by atoms with Crippen LogP contribution in [0.4, 0.5) is 10.5 Å². The zero-order valence-electron chi connectivity index (χ0n) is 17.4. The summed E-state index contributed by atoms with van der Waals surface area (Å²) in [7, 11) is 0. The fourth-order valence-electron chi connectivity index (χ4n) is 4.47. The maximum atomic E-state index is 12.7. The Morgan fingerprint density at radius 3 is 2.53 bits per heavy atom. The number of aliphatic hydroxyl groups is 1. The number of carbonyl (C=O) groups excluding carboxylic acids is 1. The van der Waals surface area contributed by atoms with E-state index in [0.29, 0.717) is 30.0 Å². The van der Waals surface area contributed by atoms with Gasteiger partial charge in [-0.1, -0.05) is 25.7 Å². The van der Waals surface area contributed by atoms with Crippen molar-refractivity contribution in [2.75, 3.05) is 37.7 Å². The van der Waals surface area contributed by atoms with E-state index < -0.39 is 0 Å². The highest BCUT2D eigenvalue weighted by molar-refractivity contribution is 5.81. The highest BCUT2D eigenvalue weighted by atomic mass is 16.3. The Hall–Kier alpha value is -2.61. The topological polar surface area (TPSA) is 90.7 Å². The van der Waals surface area contributed by atoms with Crippen LogP contribution in [0.5, 0.6) is 0 Å². The molecular formula is C22H31N5O3. The lowest BCUT2D eigenvalue weighted by atomic mass is 10.1. The molecule has 1 saturated carbocycles. The molecule has 2 fully saturated rings. The third-order valence-corrected chi connectivity index (χ3v) is 6.26. The third-order valence-electron chi connectivity index (χ3n) is 6.26. The van der Waals surface area contributed by atoms with E-state index in [1.807, 2.05) is 17.0 Å². The van der Waals surface area contributed by atoms with Crippen molar-refractivity contribution >= 4 is 22.6 Å². The Morgan fingerprint density at radius 2 is 1.83 bits per heavy atom. The zero-order valence-corrected chi connectivity index (χ0v) is 17.4. The first-order valence-corrected chi connectivity index (χ1v) is 11.1. The SMILES string of the molecule is O=C(NC1CCCCCC1)N1CCN(c2ccc3c(=O)n(CCO)cnc3c2)CC1. The molecule has 0 radical (unpaired) electrons. The molecular weight excluding hydrogens is 382 g/mol. The maximum Gasteiger partial charge on any atom is 0.317 e. The lowest BCUT2D eigenvalue weighted by molar-refractivity contribution is 0.189. The van der Waals surface area contributed by atoms with Crippen molar-refractivity contribution in [1.82, 2.24) is 19.8 Å². The molecule has 162 valence electrons. The number of nitrogens with one attached hydrogen (secondary N) is 1. The lowest BCUT2D eigenvalue weighted by Crippen LogP contribution is -2.53. The van der Waals surface area contributed by atoms with Crippen LogP contribution in [-0.4, -0.2) is 64.4 Å². The van der Waals surface area contributed by atoms with Gasteiger partial charge in [0, 0.05) is 37.9 Å². The molecule has 2 N–H and O–H groups in total. The molecule has 8 heteroatoms. The molecule has 1 saturated heterocycles. The van der Waals surface area contributed by atoms with E-state index in [0.717, 1.165) is 31.6 Å². The number of urea groups is 1. The van der Waals surface area contributed by atoms with E-state index in [2.05, 4.69) is 15.2 Å². The molecule has 1 aliphatic carbocycles. The number of aromatic nitrogens is 2. The van der Waals surface area contributed by atoms with Gasteiger partial charge in [-0.05, 0) is 31.0 Å². The van der Waals surface area contributed by atoms with E-state index in [1.165, 1.54) is 36.6 Å². The molecule has 1 aromatic carbocycles. The van der Waals surface area contributed by atoms with Crippen molar-refractivity contribution in [3.8, 4) is 0 Å². The number of anilines is 1. The van der Waals surface area contributed by atoms with Crippen LogP contribution in [0.2, 0.25) is 0 Å². The monoisotopic (exact) mass is 413 g/mol. The molecule has 0 bridgehead atoms. The Bertz CT molecular complexity index is 928. The molecule has 4 rings (SSSR count). The molecule has 2 amide bonds. The van der Waals surface area contributed by atoms with Crippen molar-refractivity contribution in [1.29, 1.82) is 0 Å². The van der Waals surface area contributed by atoms with Gasteiger partial charge < -0.3 is 20.2 Å². The van der Waals surface area contributed by atoms with Crippen LogP contribution in [0.25, 0.3) is 10.9 Å². The smallest absolute Gasteiger partial charge is 0.317 e. The second-order valence-corrected chi connectivity index (χ2v) is 8.28. The maximum absolute atomic E-state index is 12.7. The summed E-state index contributed by atoms with van der Waals surface area (Å²) in [5.74, 6) is 0. The van der Waals surface area contributed by atoms with Crippen LogP contribution >= 0.6 is 0 Å². The van der Waals surface area contributed by atoms with Gasteiger partial charge in [-0.25, -0.2) is 9.78 Å². The highest BCUT2D eigenvalue weighted by Crippen LogP contribution is 2.21. The van der Waals surface area contributed by atoms with Crippen LogP contribution < -0.4 is 15.8 Å². The number of nitrogens with zero attached hydrogens (tertiary/aromatic N) is 4. The normalized spacial score (nSPS) is 18.4. The molecule has 0 atom stereocenters. The van der Waals surface area contributed by atoms with Crippen molar-refractivity contribution in [2.45, 2.75) is 51.1 Å². The molecule has 0 unspecified atom stereocenters. The second kappa shape index (κ2) is 9.47. The van der Waals surface area contributed by atoms with Crippen molar-refractivity contribution in [3.05, 3.63) is 34.9 Å². The first-order valence-electron chi connectivity index (χ1n) is 11.1. The summed E-state index contributed by atoms with van der Waals surface area (Å²) in [4.78, 5) is 33.6. The average molecular weight is 414 g/mol. The first-order chi connectivity index (χ1) is 14.7. The number of rotatable bonds is 4. The van der Waals surface area contributed by atoms with Gasteiger partial charge >= 0.3 is 6.03 Å². The Morgan fingerprint density at radius 1 is 1.10 bits per heavy atom. The van der Waals surface area contributed by atoms with Gasteiger partial charge in [0.1, 0.15) is 0 Å². The first kappa shape index (κ1) is 20.7. The number of benzene rings is 1. The minimum atomic E-state index is -0.138. The number of piperazine rings is 1. The fraction of sp³-hybridized carbons (Fsp3) is 0.591. The van der Waals surface area contributed by atoms with E-state index in [9.17, 15) is 9.59 Å². The van der Waals surface area contributed by atoms with Gasteiger partial charge in [0.25, 0.3) is 5.56 Å². The van der Waals surface area contributed by atoms with Gasteiger partial charge in [-0.15, -0.1) is 0 Å². The molecule has 0 spiro atoms. The summed E-state index contributed by atoms with van der Waals surface area (Å²) in [6.07, 6.45) is 8.65. The minimum absolute atomic E-state index is 0.0613. The Kier molecular flexibility index (Phi) is 6.52. The Labute approximate surface area is 176 Å². The van der Waals surface area contributed by atoms with Crippen LogP contribution in [-0.2, 0) is 6.54 Å². The highest BCUT2D eigenvalue weighted by Gasteiger charge is 2.24. The molecule has 1 aromatic heterocycles. The van der Waals surface area contributed by atoms with Gasteiger partial charge in [0.2, 0.25) is 0 Å². The molecule has 2 heterocycles. The number of hydrogen-bond donors (Lipinski definition) is 2. The van der Waals surface area contributed by atoms with E-state index >= 15 is 0 Å². The second-order valence-electron chi connectivity index (χ2n) is 8.28. The van der Waals surface area contributed by atoms with Gasteiger partial charge in [0.05, 0.1) is 30.4 Å². The molecule has 1 aliphatic heterocycles. The number of carbonyl (C=O) groups is 1. The van der Waals surface area contributed by atoms with Gasteiger partial charge in [-0.3, -0.25) is 9.36 Å². The van der Waals surface area contributed by atoms with Gasteiger partial charge in [0.15, 0.2) is 0 Å². The number of hydrogen-bond acceptors (Lipinski definition) is 5. The minimum Gasteiger partial charge on any atom is -0.395 e. The van der Waals surface area contributed by atoms with Gasteiger partial charge in [-0.2, -0.15) is 0 Å². The molecule has 2 aliphatic rings. The van der Waals surface area contributed by atoms with Crippen LogP contribution in [0.3, 0.4) is 0 Å². The van der Waals surface area contributed by atoms with Crippen LogP contribution in [0.15, 0.2) is 29.3 Å². The predicted octanol–water partition coefficient (Wildman–Crippen LogP) is 1.94. The fourth-order valence-corrected chi connectivity index (χ4v) is 4.47. The molecule has 8 nitrogen and oxygen atoms in total. The van der Waals surface area contributed by atoms with E-state index in [1.54, 1.807) is 6.07 Å².